The van der Waals surface area contributed by atoms with Gasteiger partial charge in [-0.3, -0.25) is 9.59 Å². The molecule has 0 aliphatic rings. The van der Waals surface area contributed by atoms with Crippen molar-refractivity contribution < 1.29 is 24.5 Å². The van der Waals surface area contributed by atoms with Crippen LogP contribution in [0.15, 0.2) is 24.3 Å². The van der Waals surface area contributed by atoms with Crippen LogP contribution >= 0.6 is 0 Å². The molecule has 0 saturated heterocycles. The van der Waals surface area contributed by atoms with Crippen LogP contribution in [0.25, 0.3) is 0 Å². The Hall–Kier alpha value is -1.66. The van der Waals surface area contributed by atoms with E-state index in [4.69, 9.17) is 4.74 Å². The first-order chi connectivity index (χ1) is 36.0. The van der Waals surface area contributed by atoms with E-state index in [-0.39, 0.29) is 18.5 Å². The second-order valence-electron chi connectivity index (χ2n) is 22.8. The number of ether oxygens (including phenoxy) is 1. The third kappa shape index (κ3) is 59.4. The minimum Gasteiger partial charge on any atom is -0.466 e. The number of hydrogen-bond acceptors (Lipinski definition) is 5. The summed E-state index contributed by atoms with van der Waals surface area (Å²) in [7, 11) is 0. The molecule has 0 aromatic heterocycles. The molecule has 432 valence electrons. The molecule has 0 heterocycles. The number of carbonyl (C=O) groups is 2. The summed E-state index contributed by atoms with van der Waals surface area (Å²) in [5.74, 6) is -0.0323. The zero-order valence-corrected chi connectivity index (χ0v) is 49.4. The van der Waals surface area contributed by atoms with E-state index in [9.17, 15) is 19.8 Å². The Morgan fingerprint density at radius 2 is 0.699 bits per heavy atom. The fourth-order valence-corrected chi connectivity index (χ4v) is 10.4. The van der Waals surface area contributed by atoms with Gasteiger partial charge in [0.2, 0.25) is 5.91 Å². The van der Waals surface area contributed by atoms with Crippen molar-refractivity contribution in [1.82, 2.24) is 5.32 Å². The predicted octanol–water partition coefficient (Wildman–Crippen LogP) is 21.0. The molecule has 0 spiro atoms. The summed E-state index contributed by atoms with van der Waals surface area (Å²) in [4.78, 5) is 24.6. The second kappa shape index (κ2) is 62.9. The van der Waals surface area contributed by atoms with Crippen molar-refractivity contribution >= 4 is 11.9 Å². The molecule has 6 nitrogen and oxygen atoms in total. The van der Waals surface area contributed by atoms with Gasteiger partial charge in [0.05, 0.1) is 25.4 Å². The van der Waals surface area contributed by atoms with Crippen molar-refractivity contribution in [2.45, 2.75) is 379 Å². The standard InChI is InChI=1S/C67H129NO5/c1-3-5-7-9-11-13-15-17-19-20-21-26-29-32-35-39-43-47-51-55-59-65(70)64(63-69)68-66(71)60-56-52-48-44-40-36-33-30-27-24-22-23-25-28-31-34-38-42-46-50-54-58-62-73-67(72)61-57-53-49-45-41-37-18-16-14-12-10-8-6-4-2/h10,12,16,18,64-65,69-70H,3-9,11,13-15,17,19-63H2,1-2H3,(H,68,71)/b12-10-,18-16-. The van der Waals surface area contributed by atoms with Gasteiger partial charge in [0, 0.05) is 12.8 Å². The molecule has 0 aliphatic heterocycles. The Kier molecular flexibility index (Phi) is 61.4. The molecule has 2 unspecified atom stereocenters. The molecule has 2 atom stereocenters. The average molecular weight is 1030 g/mol. The van der Waals surface area contributed by atoms with Crippen molar-refractivity contribution in [2.75, 3.05) is 13.2 Å². The van der Waals surface area contributed by atoms with Gasteiger partial charge in [-0.05, 0) is 51.4 Å². The highest BCUT2D eigenvalue weighted by atomic mass is 16.5. The molecular formula is C67H129NO5. The van der Waals surface area contributed by atoms with Crippen LogP contribution in [0.2, 0.25) is 0 Å². The van der Waals surface area contributed by atoms with Crippen molar-refractivity contribution in [3.05, 3.63) is 24.3 Å². The Bertz CT molecular complexity index is 1140. The largest absolute Gasteiger partial charge is 0.466 e. The molecule has 73 heavy (non-hydrogen) atoms. The number of aliphatic hydroxyl groups is 2. The normalized spacial score (nSPS) is 12.7. The van der Waals surface area contributed by atoms with Gasteiger partial charge in [0.1, 0.15) is 0 Å². The molecule has 0 rings (SSSR count). The Morgan fingerprint density at radius 1 is 0.384 bits per heavy atom. The lowest BCUT2D eigenvalue weighted by Gasteiger charge is -2.22. The third-order valence-corrected chi connectivity index (χ3v) is 15.5. The van der Waals surface area contributed by atoms with Crippen LogP contribution in [0.1, 0.15) is 367 Å². The van der Waals surface area contributed by atoms with E-state index < -0.39 is 12.1 Å². The maximum atomic E-state index is 12.5. The zero-order chi connectivity index (χ0) is 52.9. The summed E-state index contributed by atoms with van der Waals surface area (Å²) in [5.41, 5.74) is 0. The highest BCUT2D eigenvalue weighted by molar-refractivity contribution is 5.76. The van der Waals surface area contributed by atoms with Crippen LogP contribution in [0, 0.1) is 0 Å². The number of rotatable bonds is 62. The van der Waals surface area contributed by atoms with E-state index in [1.165, 1.54) is 283 Å². The number of nitrogens with one attached hydrogen (secondary N) is 1. The Labute approximate surface area is 456 Å². The van der Waals surface area contributed by atoms with Crippen LogP contribution in [0.4, 0.5) is 0 Å². The van der Waals surface area contributed by atoms with Crippen LogP contribution in [0.5, 0.6) is 0 Å². The summed E-state index contributed by atoms with van der Waals surface area (Å²) in [6.07, 6.45) is 77.7. The highest BCUT2D eigenvalue weighted by Gasteiger charge is 2.20. The number of hydrogen-bond donors (Lipinski definition) is 3. The smallest absolute Gasteiger partial charge is 0.305 e. The third-order valence-electron chi connectivity index (χ3n) is 15.5. The topological polar surface area (TPSA) is 95.9 Å². The number of esters is 1. The second-order valence-corrected chi connectivity index (χ2v) is 22.8. The minimum absolute atomic E-state index is 0.000660. The van der Waals surface area contributed by atoms with E-state index in [2.05, 4.69) is 43.5 Å². The average Bonchev–Trinajstić information content (AvgIpc) is 3.39. The molecule has 3 N–H and O–H groups in total. The lowest BCUT2D eigenvalue weighted by atomic mass is 10.0. The maximum absolute atomic E-state index is 12.5. The molecule has 6 heteroatoms. The molecule has 0 aromatic carbocycles. The SMILES string of the molecule is CCCC/C=C\C/C=C\CCCCCCCC(=O)OCCCCCCCCCCCCCCCCCCCCCCCCC(=O)NC(CO)C(O)CCCCCCCCCCCCCCCCCCCCCC. The Balaban J connectivity index is 3.38. The molecule has 0 aliphatic carbocycles. The monoisotopic (exact) mass is 1030 g/mol. The van der Waals surface area contributed by atoms with Gasteiger partial charge >= 0.3 is 5.97 Å². The fraction of sp³-hybridized carbons (Fsp3) is 0.910. The number of carbonyl (C=O) groups excluding carboxylic acids is 2. The number of allylic oxidation sites excluding steroid dienone is 4. The summed E-state index contributed by atoms with van der Waals surface area (Å²) in [6.45, 7) is 4.94. The van der Waals surface area contributed by atoms with Gasteiger partial charge in [-0.1, -0.05) is 327 Å². The van der Waals surface area contributed by atoms with Gasteiger partial charge in [0.25, 0.3) is 0 Å². The first-order valence-corrected chi connectivity index (χ1v) is 33.1. The van der Waals surface area contributed by atoms with Gasteiger partial charge in [-0.2, -0.15) is 0 Å². The lowest BCUT2D eigenvalue weighted by Crippen LogP contribution is -2.45. The van der Waals surface area contributed by atoms with Crippen molar-refractivity contribution in [3.8, 4) is 0 Å². The first kappa shape index (κ1) is 71.3. The Morgan fingerprint density at radius 3 is 1.08 bits per heavy atom. The van der Waals surface area contributed by atoms with E-state index >= 15 is 0 Å². The van der Waals surface area contributed by atoms with Crippen LogP contribution in [-0.4, -0.2) is 47.4 Å². The fourth-order valence-electron chi connectivity index (χ4n) is 10.4. The van der Waals surface area contributed by atoms with Crippen molar-refractivity contribution in [2.24, 2.45) is 0 Å². The molecule has 1 amide bonds. The van der Waals surface area contributed by atoms with Crippen LogP contribution in [0.3, 0.4) is 0 Å². The molecule has 0 saturated carbocycles. The predicted molar refractivity (Wildman–Crippen MR) is 320 cm³/mol. The van der Waals surface area contributed by atoms with Gasteiger partial charge in [-0.25, -0.2) is 0 Å². The highest BCUT2D eigenvalue weighted by Crippen LogP contribution is 2.19. The van der Waals surface area contributed by atoms with Gasteiger partial charge in [0.15, 0.2) is 0 Å². The number of amides is 1. The summed E-state index contributed by atoms with van der Waals surface area (Å²) < 4.78 is 5.48. The zero-order valence-electron chi connectivity index (χ0n) is 49.4. The minimum atomic E-state index is -0.665. The van der Waals surface area contributed by atoms with Crippen molar-refractivity contribution in [3.63, 3.8) is 0 Å². The summed E-state index contributed by atoms with van der Waals surface area (Å²) in [5, 5.41) is 23.4. The van der Waals surface area contributed by atoms with Crippen molar-refractivity contribution in [1.29, 1.82) is 0 Å². The number of unbranched alkanes of at least 4 members (excludes halogenated alkanes) is 47. The molecule has 0 bridgehead atoms. The van der Waals surface area contributed by atoms with Gasteiger partial charge in [-0.15, -0.1) is 0 Å². The molecule has 0 aromatic rings. The van der Waals surface area contributed by atoms with E-state index in [0.29, 0.717) is 25.9 Å². The number of aliphatic hydroxyl groups excluding tert-OH is 2. The van der Waals surface area contributed by atoms with Crippen LogP contribution in [-0.2, 0) is 14.3 Å². The van der Waals surface area contributed by atoms with E-state index in [1.807, 2.05) is 0 Å². The first-order valence-electron chi connectivity index (χ1n) is 33.1. The quantitative estimate of drug-likeness (QED) is 0.0320. The van der Waals surface area contributed by atoms with E-state index in [1.54, 1.807) is 0 Å². The van der Waals surface area contributed by atoms with Gasteiger partial charge < -0.3 is 20.3 Å². The van der Waals surface area contributed by atoms with Crippen LogP contribution < -0.4 is 5.32 Å². The summed E-state index contributed by atoms with van der Waals surface area (Å²) >= 11 is 0. The summed E-state index contributed by atoms with van der Waals surface area (Å²) in [6, 6.07) is -0.542. The lowest BCUT2D eigenvalue weighted by molar-refractivity contribution is -0.143. The molecule has 0 radical (unpaired) electrons. The van der Waals surface area contributed by atoms with E-state index in [0.717, 1.165) is 51.4 Å². The molecular weight excluding hydrogens is 899 g/mol. The molecule has 0 fully saturated rings. The maximum Gasteiger partial charge on any atom is 0.305 e.